The second kappa shape index (κ2) is 7.89. The number of carboxylic acids is 1. The molecule has 3 rings (SSSR count). The average Bonchev–Trinajstić information content (AvgIpc) is 2.67. The van der Waals surface area contributed by atoms with Crippen molar-refractivity contribution in [3.63, 3.8) is 0 Å². The van der Waals surface area contributed by atoms with Crippen molar-refractivity contribution >= 4 is 23.1 Å². The lowest BCUT2D eigenvalue weighted by Gasteiger charge is -2.27. The van der Waals surface area contributed by atoms with Gasteiger partial charge < -0.3 is 19.9 Å². The number of benzene rings is 2. The van der Waals surface area contributed by atoms with Crippen molar-refractivity contribution in [1.29, 1.82) is 0 Å². The van der Waals surface area contributed by atoms with Crippen molar-refractivity contribution < 1.29 is 29.1 Å². The molecule has 9 nitrogen and oxygen atoms in total. The minimum atomic E-state index is -1.13. The molecule has 144 valence electrons. The third-order valence-electron chi connectivity index (χ3n) is 4.03. The van der Waals surface area contributed by atoms with Gasteiger partial charge in [0.05, 0.1) is 27.3 Å². The number of ether oxygens (including phenoxy) is 2. The Hall–Kier alpha value is -3.72. The summed E-state index contributed by atoms with van der Waals surface area (Å²) in [6.07, 6.45) is 0.266. The molecule has 1 atom stereocenters. The van der Waals surface area contributed by atoms with E-state index in [0.717, 1.165) is 6.07 Å². The molecular weight excluding hydrogens is 368 g/mol. The fourth-order valence-electron chi connectivity index (χ4n) is 2.71. The van der Waals surface area contributed by atoms with Gasteiger partial charge in [0, 0.05) is 24.9 Å². The lowest BCUT2D eigenvalue weighted by molar-refractivity contribution is -0.384. The van der Waals surface area contributed by atoms with Gasteiger partial charge in [0.2, 0.25) is 12.1 Å². The Kier molecular flexibility index (Phi) is 5.37. The number of fused-ring (bicyclic) bond motifs is 1. The molecule has 0 bridgehead atoms. The number of non-ortho nitro benzene ring substituents is 1. The monoisotopic (exact) mass is 384 g/mol. The molecule has 0 amide bonds. The molecule has 0 aromatic heterocycles. The van der Waals surface area contributed by atoms with Crippen molar-refractivity contribution in [3.05, 3.63) is 75.5 Å². The predicted octanol–water partition coefficient (Wildman–Crippen LogP) is 3.23. The van der Waals surface area contributed by atoms with Gasteiger partial charge in [0.15, 0.2) is 0 Å². The number of rotatable bonds is 6. The number of nitrogens with zero attached hydrogens (tertiary/aromatic N) is 1. The van der Waals surface area contributed by atoms with Crippen molar-refractivity contribution in [2.45, 2.75) is 13.2 Å². The van der Waals surface area contributed by atoms with E-state index in [1.54, 1.807) is 25.1 Å². The predicted molar refractivity (Wildman–Crippen MR) is 98.6 cm³/mol. The highest BCUT2D eigenvalue weighted by Crippen LogP contribution is 2.34. The van der Waals surface area contributed by atoms with Crippen LogP contribution in [0.2, 0.25) is 0 Å². The smallest absolute Gasteiger partial charge is 0.337 e. The number of aromatic carboxylic acids is 1. The number of nitrogens with one attached hydrogen (secondary N) is 1. The van der Waals surface area contributed by atoms with E-state index in [9.17, 15) is 24.8 Å². The van der Waals surface area contributed by atoms with E-state index in [-0.39, 0.29) is 40.4 Å². The minimum Gasteiger partial charge on any atom is -0.478 e. The number of Topliss-reactive ketones (excluding diaryl/α,β-unsaturated/α-hetero) is 1. The molecule has 2 aromatic carbocycles. The maximum absolute atomic E-state index is 12.9. The number of carboxylic acid groups (broad SMARTS) is 1. The quantitative estimate of drug-likeness (QED) is 0.441. The summed E-state index contributed by atoms with van der Waals surface area (Å²) in [6, 6.07) is 9.91. The second-order valence-electron chi connectivity index (χ2n) is 5.77. The van der Waals surface area contributed by atoms with Gasteiger partial charge in [-0.05, 0) is 25.1 Å². The highest BCUT2D eigenvalue weighted by Gasteiger charge is 2.34. The molecule has 1 aliphatic rings. The third-order valence-corrected chi connectivity index (χ3v) is 4.03. The summed E-state index contributed by atoms with van der Waals surface area (Å²) >= 11 is 0. The summed E-state index contributed by atoms with van der Waals surface area (Å²) in [5, 5.41) is 23.1. The summed E-state index contributed by atoms with van der Waals surface area (Å²) in [5.74, 6) is -1.46. The number of ketones is 1. The zero-order chi connectivity index (χ0) is 20.3. The van der Waals surface area contributed by atoms with Crippen molar-refractivity contribution in [2.24, 2.45) is 0 Å². The van der Waals surface area contributed by atoms with Gasteiger partial charge in [-0.25, -0.2) is 4.79 Å². The first-order chi connectivity index (χ1) is 13.4. The molecule has 0 aliphatic carbocycles. The Morgan fingerprint density at radius 1 is 1.36 bits per heavy atom. The fraction of sp³-hybridized carbons (Fsp3) is 0.158. The lowest BCUT2D eigenvalue weighted by atomic mass is 9.99. The average molecular weight is 384 g/mol. The number of carbonyl (C=O) groups excluding carboxylic acids is 1. The zero-order valence-electron chi connectivity index (χ0n) is 14.7. The van der Waals surface area contributed by atoms with Crippen LogP contribution < -0.4 is 10.1 Å². The van der Waals surface area contributed by atoms with Crippen LogP contribution in [0.3, 0.4) is 0 Å². The molecule has 0 radical (unpaired) electrons. The van der Waals surface area contributed by atoms with E-state index in [4.69, 9.17) is 9.47 Å². The number of para-hydroxylation sites is 1. The highest BCUT2D eigenvalue weighted by atomic mass is 16.7. The standard InChI is InChI=1S/C19H16N2O7/c1-2-27-19-14(10-20-15-6-4-3-5-12(15)18(23)24)17(22)13-9-11(21(25)26)7-8-16(13)28-19/h3-10,19-20H,2H2,1H3,(H,23,24). The van der Waals surface area contributed by atoms with Crippen LogP contribution in [-0.4, -0.2) is 34.7 Å². The largest absolute Gasteiger partial charge is 0.478 e. The van der Waals surface area contributed by atoms with E-state index in [1.165, 1.54) is 24.4 Å². The Bertz CT molecular complexity index is 984. The first-order valence-electron chi connectivity index (χ1n) is 8.32. The molecule has 1 unspecified atom stereocenters. The van der Waals surface area contributed by atoms with Crippen LogP contribution in [0, 0.1) is 10.1 Å². The van der Waals surface area contributed by atoms with Crippen molar-refractivity contribution in [2.75, 3.05) is 11.9 Å². The zero-order valence-corrected chi connectivity index (χ0v) is 14.7. The van der Waals surface area contributed by atoms with E-state index < -0.39 is 23.0 Å². The Balaban J connectivity index is 1.99. The van der Waals surface area contributed by atoms with E-state index in [1.807, 2.05) is 0 Å². The molecule has 1 heterocycles. The maximum atomic E-state index is 12.9. The Morgan fingerprint density at radius 3 is 2.79 bits per heavy atom. The van der Waals surface area contributed by atoms with E-state index in [0.29, 0.717) is 0 Å². The Morgan fingerprint density at radius 2 is 2.11 bits per heavy atom. The van der Waals surface area contributed by atoms with Gasteiger partial charge in [-0.3, -0.25) is 14.9 Å². The molecule has 9 heteroatoms. The summed E-state index contributed by atoms with van der Waals surface area (Å²) in [7, 11) is 0. The minimum absolute atomic E-state index is 0.0209. The molecule has 0 saturated heterocycles. The highest BCUT2D eigenvalue weighted by molar-refractivity contribution is 6.12. The fourth-order valence-corrected chi connectivity index (χ4v) is 2.71. The van der Waals surface area contributed by atoms with Gasteiger partial charge in [0.25, 0.3) is 5.69 Å². The summed E-state index contributed by atoms with van der Waals surface area (Å²) < 4.78 is 11.1. The number of anilines is 1. The number of hydrogen-bond donors (Lipinski definition) is 2. The molecule has 0 saturated carbocycles. The molecule has 2 N–H and O–H groups in total. The number of nitro groups is 1. The summed E-state index contributed by atoms with van der Waals surface area (Å²) in [5.41, 5.74) is 0.150. The van der Waals surface area contributed by atoms with Crippen LogP contribution in [0.25, 0.3) is 0 Å². The molecule has 0 spiro atoms. The number of carbonyl (C=O) groups is 2. The lowest BCUT2D eigenvalue weighted by Crippen LogP contribution is -2.33. The topological polar surface area (TPSA) is 128 Å². The van der Waals surface area contributed by atoms with E-state index >= 15 is 0 Å². The van der Waals surface area contributed by atoms with Gasteiger partial charge in [-0.2, -0.15) is 0 Å². The summed E-state index contributed by atoms with van der Waals surface area (Å²) in [4.78, 5) is 34.6. The first kappa shape index (κ1) is 19.1. The molecular formula is C19H16N2O7. The second-order valence-corrected chi connectivity index (χ2v) is 5.77. The van der Waals surface area contributed by atoms with Crippen molar-refractivity contribution in [3.8, 4) is 5.75 Å². The van der Waals surface area contributed by atoms with Crippen LogP contribution in [0.1, 0.15) is 27.6 Å². The third kappa shape index (κ3) is 3.69. The molecule has 28 heavy (non-hydrogen) atoms. The normalized spacial score (nSPS) is 17.0. The van der Waals surface area contributed by atoms with Gasteiger partial charge in [-0.15, -0.1) is 0 Å². The number of hydrogen-bond acceptors (Lipinski definition) is 7. The van der Waals surface area contributed by atoms with E-state index in [2.05, 4.69) is 5.32 Å². The van der Waals surface area contributed by atoms with Gasteiger partial charge in [-0.1, -0.05) is 12.1 Å². The molecule has 2 aromatic rings. The maximum Gasteiger partial charge on any atom is 0.337 e. The molecule has 1 aliphatic heterocycles. The van der Waals surface area contributed by atoms with Crippen LogP contribution >= 0.6 is 0 Å². The first-order valence-corrected chi connectivity index (χ1v) is 8.32. The van der Waals surface area contributed by atoms with Crippen LogP contribution in [0.15, 0.2) is 54.2 Å². The van der Waals surface area contributed by atoms with Crippen LogP contribution in [0.5, 0.6) is 5.75 Å². The Labute approximate surface area is 159 Å². The van der Waals surface area contributed by atoms with Gasteiger partial charge in [0.1, 0.15) is 5.75 Å². The SMILES string of the molecule is CCOC1Oc2ccc([N+](=O)[O-])cc2C(=O)C1=CNc1ccccc1C(=O)O. The van der Waals surface area contributed by atoms with Crippen LogP contribution in [0.4, 0.5) is 11.4 Å². The number of nitro benzene ring substituents is 1. The van der Waals surface area contributed by atoms with Crippen molar-refractivity contribution in [1.82, 2.24) is 0 Å². The summed E-state index contributed by atoms with van der Waals surface area (Å²) in [6.45, 7) is 1.98. The molecule has 0 fully saturated rings. The van der Waals surface area contributed by atoms with Crippen LogP contribution in [-0.2, 0) is 4.74 Å². The van der Waals surface area contributed by atoms with Gasteiger partial charge >= 0.3 is 5.97 Å².